The van der Waals surface area contributed by atoms with Crippen LogP contribution in [0.15, 0.2) is 102 Å². The number of nitrogens with zero attached hydrogens (tertiary/aromatic N) is 1. The standard InChI is InChI=1S/C30H24F4N2O3S/c31-26-7-3-1-5-22(26)17-18-29(28(35)37)19-23-6-2-4-8-27(23)36(29)40(38,39)25-15-11-21(12-16-25)20-9-13-24(14-10-20)30(32,33)34/h1-16H,17-19H2,(H2,35,37)/t29-/m0/s1. The summed E-state index contributed by atoms with van der Waals surface area (Å²) < 4.78 is 82.5. The number of rotatable bonds is 7. The number of primary amides is 1. The highest BCUT2D eigenvalue weighted by atomic mass is 32.2. The Labute approximate surface area is 228 Å². The van der Waals surface area contributed by atoms with Crippen LogP contribution in [0.4, 0.5) is 23.2 Å². The second kappa shape index (κ2) is 10.1. The molecule has 4 aromatic rings. The fraction of sp³-hybridized carbons (Fsp3) is 0.167. The van der Waals surface area contributed by atoms with Gasteiger partial charge in [0.15, 0.2) is 0 Å². The molecule has 0 unspecified atom stereocenters. The Hall–Kier alpha value is -4.18. The number of hydrogen-bond acceptors (Lipinski definition) is 3. The average Bonchev–Trinajstić information content (AvgIpc) is 3.29. The van der Waals surface area contributed by atoms with Gasteiger partial charge in [-0.1, -0.05) is 60.7 Å². The number of alkyl halides is 3. The molecule has 0 saturated carbocycles. The molecule has 206 valence electrons. The molecule has 40 heavy (non-hydrogen) atoms. The molecule has 0 fully saturated rings. The van der Waals surface area contributed by atoms with E-state index in [0.717, 1.165) is 16.4 Å². The number of nitrogens with two attached hydrogens (primary N) is 1. The number of amides is 1. The van der Waals surface area contributed by atoms with Crippen molar-refractivity contribution in [2.24, 2.45) is 5.73 Å². The molecule has 4 aromatic carbocycles. The third kappa shape index (κ3) is 4.83. The summed E-state index contributed by atoms with van der Waals surface area (Å²) in [5.74, 6) is -1.32. The number of anilines is 1. The minimum atomic E-state index is -4.47. The molecule has 1 heterocycles. The maximum absolute atomic E-state index is 14.4. The lowest BCUT2D eigenvalue weighted by Crippen LogP contribution is -2.58. The summed E-state index contributed by atoms with van der Waals surface area (Å²) in [7, 11) is -4.35. The molecule has 2 N–H and O–H groups in total. The lowest BCUT2D eigenvalue weighted by molar-refractivity contribution is -0.137. The van der Waals surface area contributed by atoms with E-state index in [1.807, 2.05) is 0 Å². The van der Waals surface area contributed by atoms with E-state index in [-0.39, 0.29) is 24.2 Å². The van der Waals surface area contributed by atoms with Crippen LogP contribution < -0.4 is 10.0 Å². The number of carbonyl (C=O) groups excluding carboxylic acids is 1. The number of sulfonamides is 1. The SMILES string of the molecule is NC(=O)[C@]1(CCc2ccccc2F)Cc2ccccc2N1S(=O)(=O)c1ccc(-c2ccc(C(F)(F)F)cc2)cc1. The van der Waals surface area contributed by atoms with Gasteiger partial charge in [-0.3, -0.25) is 9.10 Å². The van der Waals surface area contributed by atoms with Gasteiger partial charge in [-0.05, 0) is 71.5 Å². The number of halogens is 4. The van der Waals surface area contributed by atoms with Crippen molar-refractivity contribution in [2.75, 3.05) is 4.31 Å². The third-order valence-electron chi connectivity index (χ3n) is 7.24. The van der Waals surface area contributed by atoms with Crippen LogP contribution in [0.5, 0.6) is 0 Å². The van der Waals surface area contributed by atoms with Crippen LogP contribution in [-0.2, 0) is 33.8 Å². The van der Waals surface area contributed by atoms with E-state index in [9.17, 15) is 30.8 Å². The number of para-hydroxylation sites is 1. The summed E-state index contributed by atoms with van der Waals surface area (Å²) in [5, 5.41) is 0. The van der Waals surface area contributed by atoms with Crippen LogP contribution >= 0.6 is 0 Å². The van der Waals surface area contributed by atoms with Gasteiger partial charge in [-0.15, -0.1) is 0 Å². The first-order valence-electron chi connectivity index (χ1n) is 12.4. The molecule has 0 aromatic heterocycles. The zero-order valence-electron chi connectivity index (χ0n) is 21.0. The van der Waals surface area contributed by atoms with Crippen LogP contribution in [0.25, 0.3) is 11.1 Å². The van der Waals surface area contributed by atoms with Gasteiger partial charge in [0, 0.05) is 6.42 Å². The van der Waals surface area contributed by atoms with Crippen LogP contribution in [0.1, 0.15) is 23.1 Å². The molecule has 5 rings (SSSR count). The van der Waals surface area contributed by atoms with E-state index in [0.29, 0.717) is 27.9 Å². The average molecular weight is 569 g/mol. The first-order chi connectivity index (χ1) is 18.9. The molecule has 0 aliphatic carbocycles. The zero-order valence-corrected chi connectivity index (χ0v) is 21.8. The second-order valence-corrected chi connectivity index (χ2v) is 11.4. The molecule has 10 heteroatoms. The van der Waals surface area contributed by atoms with Crippen molar-refractivity contribution in [3.63, 3.8) is 0 Å². The molecule has 0 bridgehead atoms. The van der Waals surface area contributed by atoms with Gasteiger partial charge in [0.05, 0.1) is 16.1 Å². The summed E-state index contributed by atoms with van der Waals surface area (Å²) >= 11 is 0. The Morgan fingerprint density at radius 1 is 0.850 bits per heavy atom. The molecule has 1 amide bonds. The van der Waals surface area contributed by atoms with Crippen molar-refractivity contribution in [2.45, 2.75) is 35.9 Å². The number of fused-ring (bicyclic) bond motifs is 1. The predicted octanol–water partition coefficient (Wildman–Crippen LogP) is 6.12. The van der Waals surface area contributed by atoms with Gasteiger partial charge in [0.25, 0.3) is 10.0 Å². The summed E-state index contributed by atoms with van der Waals surface area (Å²) in [6.07, 6.45) is -4.43. The lowest BCUT2D eigenvalue weighted by atomic mass is 9.87. The van der Waals surface area contributed by atoms with Crippen molar-refractivity contribution in [3.05, 3.63) is 120 Å². The molecule has 0 radical (unpaired) electrons. The molecule has 5 nitrogen and oxygen atoms in total. The molecular weight excluding hydrogens is 544 g/mol. The Morgan fingerprint density at radius 2 is 1.43 bits per heavy atom. The number of aryl methyl sites for hydroxylation is 1. The summed E-state index contributed by atoms with van der Waals surface area (Å²) in [4.78, 5) is 12.9. The maximum Gasteiger partial charge on any atom is 0.416 e. The number of carbonyl (C=O) groups is 1. The molecular formula is C30H24F4N2O3S. The zero-order chi connectivity index (χ0) is 28.7. The topological polar surface area (TPSA) is 80.5 Å². The summed E-state index contributed by atoms with van der Waals surface area (Å²) in [5.41, 5.74) is 5.66. The maximum atomic E-state index is 14.4. The van der Waals surface area contributed by atoms with E-state index in [4.69, 9.17) is 5.73 Å². The van der Waals surface area contributed by atoms with E-state index in [1.165, 1.54) is 42.5 Å². The van der Waals surface area contributed by atoms with Gasteiger partial charge in [-0.25, -0.2) is 12.8 Å². The fourth-order valence-electron chi connectivity index (χ4n) is 5.15. The van der Waals surface area contributed by atoms with Crippen LogP contribution in [0.2, 0.25) is 0 Å². The van der Waals surface area contributed by atoms with E-state index in [1.54, 1.807) is 42.5 Å². The van der Waals surface area contributed by atoms with Crippen molar-refractivity contribution in [1.82, 2.24) is 0 Å². The van der Waals surface area contributed by atoms with Crippen LogP contribution in [-0.4, -0.2) is 19.9 Å². The molecule has 1 aliphatic heterocycles. The smallest absolute Gasteiger partial charge is 0.368 e. The molecule has 1 aliphatic rings. The van der Waals surface area contributed by atoms with Crippen LogP contribution in [0, 0.1) is 5.82 Å². The van der Waals surface area contributed by atoms with Gasteiger partial charge in [0.2, 0.25) is 5.91 Å². The van der Waals surface area contributed by atoms with Gasteiger partial charge >= 0.3 is 6.18 Å². The van der Waals surface area contributed by atoms with Crippen molar-refractivity contribution in [3.8, 4) is 11.1 Å². The van der Waals surface area contributed by atoms with Crippen molar-refractivity contribution >= 4 is 21.6 Å². The fourth-order valence-corrected chi connectivity index (χ4v) is 6.99. The van der Waals surface area contributed by atoms with Crippen LogP contribution in [0.3, 0.4) is 0 Å². The quantitative estimate of drug-likeness (QED) is 0.273. The minimum absolute atomic E-state index is 0.0236. The highest BCUT2D eigenvalue weighted by molar-refractivity contribution is 7.93. The lowest BCUT2D eigenvalue weighted by Gasteiger charge is -2.37. The molecule has 1 atom stereocenters. The Kier molecular flexibility index (Phi) is 6.91. The molecule has 0 saturated heterocycles. The molecule has 0 spiro atoms. The van der Waals surface area contributed by atoms with Gasteiger partial charge in [-0.2, -0.15) is 13.2 Å². The largest absolute Gasteiger partial charge is 0.416 e. The van der Waals surface area contributed by atoms with Crippen molar-refractivity contribution in [1.29, 1.82) is 0 Å². The van der Waals surface area contributed by atoms with E-state index >= 15 is 0 Å². The highest BCUT2D eigenvalue weighted by Crippen LogP contribution is 2.45. The van der Waals surface area contributed by atoms with Gasteiger partial charge < -0.3 is 5.73 Å². The first-order valence-corrected chi connectivity index (χ1v) is 13.8. The number of benzene rings is 4. The minimum Gasteiger partial charge on any atom is -0.368 e. The summed E-state index contributed by atoms with van der Waals surface area (Å²) in [6.45, 7) is 0. The van der Waals surface area contributed by atoms with Gasteiger partial charge in [0.1, 0.15) is 11.4 Å². The number of hydrogen-bond donors (Lipinski definition) is 1. The second-order valence-electron chi connectivity index (χ2n) is 9.66. The summed E-state index contributed by atoms with van der Waals surface area (Å²) in [6, 6.07) is 23.0. The first kappa shape index (κ1) is 27.4. The van der Waals surface area contributed by atoms with E-state index in [2.05, 4.69) is 0 Å². The van der Waals surface area contributed by atoms with Crippen molar-refractivity contribution < 1.29 is 30.8 Å². The highest BCUT2D eigenvalue weighted by Gasteiger charge is 2.53. The normalized spacial score (nSPS) is 17.1. The third-order valence-corrected chi connectivity index (χ3v) is 9.14. The monoisotopic (exact) mass is 568 g/mol. The Bertz CT molecular complexity index is 1670. The predicted molar refractivity (Wildman–Crippen MR) is 143 cm³/mol. The Morgan fingerprint density at radius 3 is 2.02 bits per heavy atom. The Balaban J connectivity index is 1.53. The van der Waals surface area contributed by atoms with E-state index < -0.39 is 39.0 Å².